The number of benzene rings is 1. The first-order chi connectivity index (χ1) is 11.7. The predicted octanol–water partition coefficient (Wildman–Crippen LogP) is 3.95. The van der Waals surface area contributed by atoms with Crippen LogP contribution in [-0.4, -0.2) is 29.8 Å². The maximum atomic E-state index is 12.3. The Labute approximate surface area is 146 Å². The zero-order chi connectivity index (χ0) is 16.8. The lowest BCUT2D eigenvalue weighted by atomic mass is 10.1. The zero-order valence-electron chi connectivity index (χ0n) is 13.7. The van der Waals surface area contributed by atoms with Crippen molar-refractivity contribution in [3.63, 3.8) is 0 Å². The SMILES string of the molecule is O=C(CCCc1cccs1)Nc1ccc(C(=O)N2CCCC2)cc1. The molecular formula is C19H22N2O2S. The highest BCUT2D eigenvalue weighted by Crippen LogP contribution is 2.16. The van der Waals surface area contributed by atoms with E-state index in [2.05, 4.69) is 16.8 Å². The van der Waals surface area contributed by atoms with Crippen LogP contribution in [0.1, 0.15) is 40.9 Å². The molecule has 0 bridgehead atoms. The van der Waals surface area contributed by atoms with Gasteiger partial charge in [-0.25, -0.2) is 0 Å². The lowest BCUT2D eigenvalue weighted by molar-refractivity contribution is -0.116. The molecule has 1 aliphatic heterocycles. The molecule has 126 valence electrons. The van der Waals surface area contributed by atoms with E-state index >= 15 is 0 Å². The van der Waals surface area contributed by atoms with Crippen LogP contribution in [0.5, 0.6) is 0 Å². The second kappa shape index (κ2) is 8.11. The minimum atomic E-state index is 0.0187. The lowest BCUT2D eigenvalue weighted by Gasteiger charge is -2.15. The number of likely N-dealkylation sites (tertiary alicyclic amines) is 1. The number of carbonyl (C=O) groups excluding carboxylic acids is 2. The summed E-state index contributed by atoms with van der Waals surface area (Å²) in [6.07, 6.45) is 4.47. The van der Waals surface area contributed by atoms with Crippen molar-refractivity contribution < 1.29 is 9.59 Å². The molecule has 2 amide bonds. The van der Waals surface area contributed by atoms with Gasteiger partial charge in [0.15, 0.2) is 0 Å². The summed E-state index contributed by atoms with van der Waals surface area (Å²) in [4.78, 5) is 27.5. The summed E-state index contributed by atoms with van der Waals surface area (Å²) in [6, 6.07) is 11.3. The van der Waals surface area contributed by atoms with Crippen LogP contribution in [0, 0.1) is 0 Å². The van der Waals surface area contributed by atoms with Crippen molar-refractivity contribution >= 4 is 28.8 Å². The fourth-order valence-corrected chi connectivity index (χ4v) is 3.65. The van der Waals surface area contributed by atoms with E-state index in [0.717, 1.165) is 44.5 Å². The third-order valence-electron chi connectivity index (χ3n) is 4.22. The largest absolute Gasteiger partial charge is 0.339 e. The van der Waals surface area contributed by atoms with E-state index in [0.29, 0.717) is 12.0 Å². The fraction of sp³-hybridized carbons (Fsp3) is 0.368. The summed E-state index contributed by atoms with van der Waals surface area (Å²) < 4.78 is 0. The van der Waals surface area contributed by atoms with Crippen LogP contribution < -0.4 is 5.32 Å². The van der Waals surface area contributed by atoms with E-state index in [1.807, 2.05) is 11.0 Å². The molecule has 0 spiro atoms. The van der Waals surface area contributed by atoms with Crippen molar-refractivity contribution in [2.75, 3.05) is 18.4 Å². The van der Waals surface area contributed by atoms with Gasteiger partial charge in [-0.05, 0) is 61.4 Å². The highest BCUT2D eigenvalue weighted by molar-refractivity contribution is 7.09. The first-order valence-corrected chi connectivity index (χ1v) is 9.32. The molecule has 0 saturated carbocycles. The zero-order valence-corrected chi connectivity index (χ0v) is 14.5. The number of nitrogens with zero attached hydrogens (tertiary/aromatic N) is 1. The van der Waals surface area contributed by atoms with E-state index < -0.39 is 0 Å². The Bertz CT molecular complexity index is 674. The monoisotopic (exact) mass is 342 g/mol. The molecule has 2 heterocycles. The Morgan fingerprint density at radius 1 is 1.08 bits per heavy atom. The highest BCUT2D eigenvalue weighted by atomic mass is 32.1. The first kappa shape index (κ1) is 16.7. The van der Waals surface area contributed by atoms with Gasteiger partial charge in [-0.2, -0.15) is 0 Å². The van der Waals surface area contributed by atoms with Crippen LogP contribution in [-0.2, 0) is 11.2 Å². The maximum absolute atomic E-state index is 12.3. The van der Waals surface area contributed by atoms with E-state index in [4.69, 9.17) is 0 Å². The van der Waals surface area contributed by atoms with Crippen molar-refractivity contribution in [2.45, 2.75) is 32.1 Å². The van der Waals surface area contributed by atoms with Crippen molar-refractivity contribution in [2.24, 2.45) is 0 Å². The molecule has 2 aromatic rings. The maximum Gasteiger partial charge on any atom is 0.253 e. The Balaban J connectivity index is 1.46. The molecule has 3 rings (SSSR count). The van der Waals surface area contributed by atoms with Gasteiger partial charge in [-0.15, -0.1) is 11.3 Å². The molecule has 1 saturated heterocycles. The molecule has 4 nitrogen and oxygen atoms in total. The van der Waals surface area contributed by atoms with Gasteiger partial charge >= 0.3 is 0 Å². The van der Waals surface area contributed by atoms with Crippen molar-refractivity contribution in [3.05, 3.63) is 52.2 Å². The van der Waals surface area contributed by atoms with Gasteiger partial charge < -0.3 is 10.2 Å². The molecule has 1 aromatic heterocycles. The van der Waals surface area contributed by atoms with Gasteiger partial charge in [0.2, 0.25) is 5.91 Å². The number of nitrogens with one attached hydrogen (secondary N) is 1. The predicted molar refractivity (Wildman–Crippen MR) is 97.5 cm³/mol. The van der Waals surface area contributed by atoms with Gasteiger partial charge in [0.25, 0.3) is 5.91 Å². The van der Waals surface area contributed by atoms with Crippen LogP contribution >= 0.6 is 11.3 Å². The van der Waals surface area contributed by atoms with Gasteiger partial charge in [-0.1, -0.05) is 6.07 Å². The van der Waals surface area contributed by atoms with E-state index in [1.165, 1.54) is 4.88 Å². The van der Waals surface area contributed by atoms with Gasteiger partial charge in [-0.3, -0.25) is 9.59 Å². The fourth-order valence-electron chi connectivity index (χ4n) is 2.90. The van der Waals surface area contributed by atoms with Crippen LogP contribution in [0.3, 0.4) is 0 Å². The number of hydrogen-bond acceptors (Lipinski definition) is 3. The van der Waals surface area contributed by atoms with Gasteiger partial charge in [0.05, 0.1) is 0 Å². The number of anilines is 1. The van der Waals surface area contributed by atoms with E-state index in [1.54, 1.807) is 35.6 Å². The number of aryl methyl sites for hydroxylation is 1. The molecule has 1 N–H and O–H groups in total. The van der Waals surface area contributed by atoms with Gasteiger partial charge in [0, 0.05) is 35.6 Å². The molecule has 1 aliphatic rings. The number of carbonyl (C=O) groups is 2. The molecule has 0 radical (unpaired) electrons. The highest BCUT2D eigenvalue weighted by Gasteiger charge is 2.19. The van der Waals surface area contributed by atoms with Crippen molar-refractivity contribution in [1.29, 1.82) is 0 Å². The summed E-state index contributed by atoms with van der Waals surface area (Å²) in [5.41, 5.74) is 1.43. The number of hydrogen-bond donors (Lipinski definition) is 1. The summed E-state index contributed by atoms with van der Waals surface area (Å²) in [7, 11) is 0. The average Bonchev–Trinajstić information content (AvgIpc) is 3.29. The Kier molecular flexibility index (Phi) is 5.64. The number of rotatable bonds is 6. The molecule has 0 atom stereocenters. The second-order valence-corrected chi connectivity index (χ2v) is 7.09. The molecule has 1 fully saturated rings. The first-order valence-electron chi connectivity index (χ1n) is 8.44. The standard InChI is InChI=1S/C19H22N2O2S/c22-18(7-3-5-17-6-4-14-24-17)20-16-10-8-15(9-11-16)19(23)21-12-1-2-13-21/h4,6,8-11,14H,1-3,5,7,12-13H2,(H,20,22). The summed E-state index contributed by atoms with van der Waals surface area (Å²) >= 11 is 1.73. The third kappa shape index (κ3) is 4.45. The lowest BCUT2D eigenvalue weighted by Crippen LogP contribution is -2.27. The minimum Gasteiger partial charge on any atom is -0.339 e. The molecule has 24 heavy (non-hydrogen) atoms. The number of amides is 2. The van der Waals surface area contributed by atoms with Crippen LogP contribution in [0.4, 0.5) is 5.69 Å². The molecule has 1 aromatic carbocycles. The van der Waals surface area contributed by atoms with Crippen LogP contribution in [0.15, 0.2) is 41.8 Å². The van der Waals surface area contributed by atoms with Crippen molar-refractivity contribution in [3.8, 4) is 0 Å². The minimum absolute atomic E-state index is 0.0187. The Morgan fingerprint density at radius 3 is 2.50 bits per heavy atom. The van der Waals surface area contributed by atoms with Gasteiger partial charge in [0.1, 0.15) is 0 Å². The Morgan fingerprint density at radius 2 is 1.83 bits per heavy atom. The quantitative estimate of drug-likeness (QED) is 0.864. The average molecular weight is 342 g/mol. The topological polar surface area (TPSA) is 49.4 Å². The van der Waals surface area contributed by atoms with Crippen LogP contribution in [0.2, 0.25) is 0 Å². The van der Waals surface area contributed by atoms with E-state index in [-0.39, 0.29) is 11.8 Å². The summed E-state index contributed by atoms with van der Waals surface area (Å²) in [5.74, 6) is 0.103. The van der Waals surface area contributed by atoms with Crippen molar-refractivity contribution in [1.82, 2.24) is 4.90 Å². The molecular weight excluding hydrogens is 320 g/mol. The molecule has 5 heteroatoms. The molecule has 0 aliphatic carbocycles. The molecule has 0 unspecified atom stereocenters. The number of thiophene rings is 1. The summed E-state index contributed by atoms with van der Waals surface area (Å²) in [5, 5.41) is 4.95. The van der Waals surface area contributed by atoms with Crippen LogP contribution in [0.25, 0.3) is 0 Å². The Hall–Kier alpha value is -2.14. The van der Waals surface area contributed by atoms with E-state index in [9.17, 15) is 9.59 Å². The smallest absolute Gasteiger partial charge is 0.253 e. The second-order valence-electron chi connectivity index (χ2n) is 6.06. The third-order valence-corrected chi connectivity index (χ3v) is 5.15. The summed E-state index contributed by atoms with van der Waals surface area (Å²) in [6.45, 7) is 1.70. The normalized spacial score (nSPS) is 13.9.